The highest BCUT2D eigenvalue weighted by Gasteiger charge is 2.18. The fourth-order valence-corrected chi connectivity index (χ4v) is 1.11. The predicted molar refractivity (Wildman–Crippen MR) is 60.8 cm³/mol. The number of hydrogen-bond acceptors (Lipinski definition) is 2. The summed E-state index contributed by atoms with van der Waals surface area (Å²) in [6, 6.07) is 4.93. The summed E-state index contributed by atoms with van der Waals surface area (Å²) in [7, 11) is 0. The molecule has 0 aromatic heterocycles. The Morgan fingerprint density at radius 2 is 1.73 bits per heavy atom. The van der Waals surface area contributed by atoms with Gasteiger partial charge in [0.15, 0.2) is 5.78 Å². The van der Waals surface area contributed by atoms with Crippen LogP contribution < -0.4 is 5.73 Å². The van der Waals surface area contributed by atoms with Crippen LogP contribution in [-0.4, -0.2) is 11.8 Å². The zero-order chi connectivity index (χ0) is 10.7. The van der Waals surface area contributed by atoms with E-state index in [-0.39, 0.29) is 29.9 Å². The number of benzene rings is 1. The molecular weight excluding hydrogens is 217 g/mol. The van der Waals surface area contributed by atoms with Crippen molar-refractivity contribution in [1.29, 1.82) is 0 Å². The fraction of sp³-hybridized carbons (Fsp3) is 0.364. The first-order valence-electron chi connectivity index (χ1n) is 4.57. The summed E-state index contributed by atoms with van der Waals surface area (Å²) in [5.41, 5.74) is 6.15. The average molecular weight is 232 g/mol. The maximum Gasteiger partial charge on any atom is 0.179 e. The van der Waals surface area contributed by atoms with E-state index in [0.29, 0.717) is 5.56 Å². The van der Waals surface area contributed by atoms with Gasteiger partial charge >= 0.3 is 0 Å². The number of Topliss-reactive ketones (excluding diaryl/α,β-unsaturated/α-hetero) is 1. The summed E-state index contributed by atoms with van der Waals surface area (Å²) in [5.74, 6) is -0.396. The van der Waals surface area contributed by atoms with Gasteiger partial charge in [-0.05, 0) is 30.2 Å². The predicted octanol–water partition coefficient (Wildman–Crippen LogP) is 2.41. The fourth-order valence-electron chi connectivity index (χ4n) is 1.11. The molecule has 1 rings (SSSR count). The summed E-state index contributed by atoms with van der Waals surface area (Å²) in [5, 5.41) is 0. The van der Waals surface area contributed by atoms with Crippen molar-refractivity contribution in [1.82, 2.24) is 0 Å². The molecule has 0 aliphatic heterocycles. The summed E-state index contributed by atoms with van der Waals surface area (Å²) in [6.07, 6.45) is 0. The lowest BCUT2D eigenvalue weighted by atomic mass is 9.96. The van der Waals surface area contributed by atoms with Crippen molar-refractivity contribution in [3.8, 4) is 0 Å². The molecule has 0 amide bonds. The van der Waals surface area contributed by atoms with Gasteiger partial charge in [0.25, 0.3) is 0 Å². The Morgan fingerprint density at radius 1 is 1.27 bits per heavy atom. The van der Waals surface area contributed by atoms with Gasteiger partial charge in [-0.3, -0.25) is 4.79 Å². The first-order chi connectivity index (χ1) is 6.52. The van der Waals surface area contributed by atoms with Crippen molar-refractivity contribution in [2.75, 3.05) is 0 Å². The number of nitrogens with two attached hydrogens (primary N) is 1. The molecule has 2 nitrogen and oxygen atoms in total. The lowest BCUT2D eigenvalue weighted by Crippen LogP contribution is -2.35. The van der Waals surface area contributed by atoms with Gasteiger partial charge in [0.1, 0.15) is 5.82 Å². The van der Waals surface area contributed by atoms with Gasteiger partial charge in [-0.1, -0.05) is 13.8 Å². The maximum atomic E-state index is 12.6. The van der Waals surface area contributed by atoms with Gasteiger partial charge in [-0.25, -0.2) is 4.39 Å². The number of hydrogen-bond donors (Lipinski definition) is 1. The van der Waals surface area contributed by atoms with Crippen LogP contribution >= 0.6 is 12.4 Å². The van der Waals surface area contributed by atoms with Crippen LogP contribution in [0.3, 0.4) is 0 Å². The first-order valence-corrected chi connectivity index (χ1v) is 4.57. The van der Waals surface area contributed by atoms with Gasteiger partial charge in [-0.2, -0.15) is 0 Å². The topological polar surface area (TPSA) is 43.1 Å². The standard InChI is InChI=1S/C11H14FNO.ClH/c1-7(2)10(13)11(14)8-3-5-9(12)6-4-8;/h3-7,10H,13H2,1-2H3;1H. The summed E-state index contributed by atoms with van der Waals surface area (Å²) in [6.45, 7) is 3.76. The molecule has 1 aromatic carbocycles. The molecule has 1 atom stereocenters. The van der Waals surface area contributed by atoms with Crippen LogP contribution in [0.4, 0.5) is 4.39 Å². The van der Waals surface area contributed by atoms with E-state index in [2.05, 4.69) is 0 Å². The van der Waals surface area contributed by atoms with Crippen LogP contribution in [0, 0.1) is 11.7 Å². The van der Waals surface area contributed by atoms with E-state index in [0.717, 1.165) is 0 Å². The molecule has 0 radical (unpaired) electrons. The number of carbonyl (C=O) groups excluding carboxylic acids is 1. The van der Waals surface area contributed by atoms with Crippen molar-refractivity contribution in [2.45, 2.75) is 19.9 Å². The third-order valence-corrected chi connectivity index (χ3v) is 2.15. The lowest BCUT2D eigenvalue weighted by Gasteiger charge is -2.13. The molecule has 0 saturated carbocycles. The molecule has 1 aromatic rings. The molecule has 0 aliphatic carbocycles. The summed E-state index contributed by atoms with van der Waals surface area (Å²) in [4.78, 5) is 11.6. The Hall–Kier alpha value is -0.930. The Balaban J connectivity index is 0.00000196. The molecule has 0 heterocycles. The van der Waals surface area contributed by atoms with Crippen LogP contribution in [0.1, 0.15) is 24.2 Å². The van der Waals surface area contributed by atoms with Crippen molar-refractivity contribution >= 4 is 18.2 Å². The van der Waals surface area contributed by atoms with Crippen LogP contribution in [0.5, 0.6) is 0 Å². The zero-order valence-electron chi connectivity index (χ0n) is 8.74. The van der Waals surface area contributed by atoms with Crippen molar-refractivity contribution < 1.29 is 9.18 Å². The van der Waals surface area contributed by atoms with E-state index < -0.39 is 6.04 Å². The molecule has 15 heavy (non-hydrogen) atoms. The molecule has 0 saturated heterocycles. The SMILES string of the molecule is CC(C)C(N)C(=O)c1ccc(F)cc1.Cl. The normalized spacial score (nSPS) is 12.1. The van der Waals surface area contributed by atoms with Crippen LogP contribution in [0.2, 0.25) is 0 Å². The highest BCUT2D eigenvalue weighted by Crippen LogP contribution is 2.09. The van der Waals surface area contributed by atoms with E-state index in [1.165, 1.54) is 24.3 Å². The Kier molecular flexibility index (Phi) is 5.47. The minimum absolute atomic E-state index is 0. The van der Waals surface area contributed by atoms with E-state index in [1.54, 1.807) is 0 Å². The molecule has 0 bridgehead atoms. The van der Waals surface area contributed by atoms with Gasteiger partial charge in [0.2, 0.25) is 0 Å². The second kappa shape index (κ2) is 5.83. The Morgan fingerprint density at radius 3 is 2.13 bits per heavy atom. The molecule has 0 aliphatic rings. The highest BCUT2D eigenvalue weighted by atomic mass is 35.5. The number of ketones is 1. The van der Waals surface area contributed by atoms with Crippen LogP contribution in [0.25, 0.3) is 0 Å². The Bertz CT molecular complexity index is 324. The van der Waals surface area contributed by atoms with Gasteiger partial charge in [0.05, 0.1) is 6.04 Å². The first kappa shape index (κ1) is 14.1. The van der Waals surface area contributed by atoms with E-state index >= 15 is 0 Å². The van der Waals surface area contributed by atoms with E-state index in [9.17, 15) is 9.18 Å². The second-order valence-corrected chi connectivity index (χ2v) is 3.64. The molecule has 4 heteroatoms. The van der Waals surface area contributed by atoms with E-state index in [4.69, 9.17) is 5.73 Å². The molecule has 84 valence electrons. The molecular formula is C11H15ClFNO. The highest BCUT2D eigenvalue weighted by molar-refractivity contribution is 6.00. The average Bonchev–Trinajstić information content (AvgIpc) is 2.16. The van der Waals surface area contributed by atoms with Crippen LogP contribution in [-0.2, 0) is 0 Å². The minimum atomic E-state index is -0.513. The minimum Gasteiger partial charge on any atom is -0.321 e. The monoisotopic (exact) mass is 231 g/mol. The largest absolute Gasteiger partial charge is 0.321 e. The molecule has 2 N–H and O–H groups in total. The van der Waals surface area contributed by atoms with Crippen molar-refractivity contribution in [3.63, 3.8) is 0 Å². The number of halogens is 2. The van der Waals surface area contributed by atoms with Crippen molar-refractivity contribution in [3.05, 3.63) is 35.6 Å². The van der Waals surface area contributed by atoms with E-state index in [1.807, 2.05) is 13.8 Å². The molecule has 1 unspecified atom stereocenters. The third kappa shape index (κ3) is 3.61. The number of rotatable bonds is 3. The maximum absolute atomic E-state index is 12.6. The Labute approximate surface area is 95.1 Å². The van der Waals surface area contributed by atoms with Crippen molar-refractivity contribution in [2.24, 2.45) is 11.7 Å². The summed E-state index contributed by atoms with van der Waals surface area (Å²) < 4.78 is 12.6. The number of carbonyl (C=O) groups is 1. The zero-order valence-corrected chi connectivity index (χ0v) is 9.55. The summed E-state index contributed by atoms with van der Waals surface area (Å²) >= 11 is 0. The van der Waals surface area contributed by atoms with Gasteiger partial charge < -0.3 is 5.73 Å². The molecule has 0 spiro atoms. The molecule has 0 fully saturated rings. The smallest absolute Gasteiger partial charge is 0.179 e. The third-order valence-electron chi connectivity index (χ3n) is 2.15. The quantitative estimate of drug-likeness (QED) is 0.812. The lowest BCUT2D eigenvalue weighted by molar-refractivity contribution is 0.0940. The second-order valence-electron chi connectivity index (χ2n) is 3.64. The van der Waals surface area contributed by atoms with Gasteiger partial charge in [0, 0.05) is 5.56 Å². The van der Waals surface area contributed by atoms with Crippen LogP contribution in [0.15, 0.2) is 24.3 Å². The van der Waals surface area contributed by atoms with Gasteiger partial charge in [-0.15, -0.1) is 12.4 Å².